The van der Waals surface area contributed by atoms with E-state index in [0.717, 1.165) is 6.07 Å². The molecule has 1 heterocycles. The predicted molar refractivity (Wildman–Crippen MR) is 116 cm³/mol. The Bertz CT molecular complexity index is 1420. The number of carbonyl (C=O) groups excluding carboxylic acids is 2. The Morgan fingerprint density at radius 2 is 1.61 bits per heavy atom. The normalized spacial score (nSPS) is 10.6. The molecule has 3 aromatic carbocycles. The first-order valence-corrected chi connectivity index (χ1v) is 9.77. The van der Waals surface area contributed by atoms with E-state index in [1.807, 2.05) is 0 Å². The quantitative estimate of drug-likeness (QED) is 0.312. The Morgan fingerprint density at radius 1 is 0.879 bits per heavy atom. The van der Waals surface area contributed by atoms with E-state index >= 15 is 0 Å². The second kappa shape index (κ2) is 8.96. The van der Waals surface area contributed by atoms with Gasteiger partial charge in [-0.2, -0.15) is 0 Å². The van der Waals surface area contributed by atoms with Crippen LogP contribution in [0.1, 0.15) is 26.5 Å². The summed E-state index contributed by atoms with van der Waals surface area (Å²) in [6, 6.07) is 15.5. The molecule has 0 N–H and O–H groups in total. The smallest absolute Gasteiger partial charge is 0.343 e. The van der Waals surface area contributed by atoms with Crippen LogP contribution in [0.2, 0.25) is 0 Å². The van der Waals surface area contributed by atoms with Gasteiger partial charge in [0, 0.05) is 6.07 Å². The molecule has 8 heteroatoms. The van der Waals surface area contributed by atoms with Gasteiger partial charge in [0.1, 0.15) is 28.7 Å². The van der Waals surface area contributed by atoms with E-state index in [1.165, 1.54) is 67.8 Å². The van der Waals surface area contributed by atoms with Crippen molar-refractivity contribution in [2.24, 2.45) is 0 Å². The van der Waals surface area contributed by atoms with Crippen molar-refractivity contribution in [1.29, 1.82) is 0 Å². The summed E-state index contributed by atoms with van der Waals surface area (Å²) in [5.41, 5.74) is 0.159. The van der Waals surface area contributed by atoms with Crippen LogP contribution in [0.4, 0.5) is 4.39 Å². The number of carbonyl (C=O) groups is 2. The molecule has 0 unspecified atom stereocenters. The molecule has 0 fully saturated rings. The highest BCUT2D eigenvalue weighted by Crippen LogP contribution is 2.28. The van der Waals surface area contributed by atoms with Crippen molar-refractivity contribution in [3.05, 3.63) is 99.7 Å². The second-order valence-electron chi connectivity index (χ2n) is 6.99. The molecule has 7 nitrogen and oxygen atoms in total. The molecule has 0 amide bonds. The summed E-state index contributed by atoms with van der Waals surface area (Å²) in [6.07, 6.45) is 0. The van der Waals surface area contributed by atoms with Crippen molar-refractivity contribution in [1.82, 2.24) is 0 Å². The topological polar surface area (TPSA) is 92.0 Å². The fourth-order valence-electron chi connectivity index (χ4n) is 3.13. The number of ether oxygens (including phenoxy) is 3. The minimum atomic E-state index is -0.747. The van der Waals surface area contributed by atoms with Crippen molar-refractivity contribution in [2.75, 3.05) is 7.11 Å². The average molecular weight is 448 g/mol. The molecule has 0 saturated carbocycles. The molecule has 0 radical (unpaired) electrons. The van der Waals surface area contributed by atoms with Gasteiger partial charge in [-0.05, 0) is 61.5 Å². The molecular formula is C25H17FO7. The Hall–Kier alpha value is -4.46. The summed E-state index contributed by atoms with van der Waals surface area (Å²) in [6.45, 7) is 1.56. The first-order valence-electron chi connectivity index (χ1n) is 9.77. The van der Waals surface area contributed by atoms with E-state index < -0.39 is 23.2 Å². The van der Waals surface area contributed by atoms with Gasteiger partial charge >= 0.3 is 11.9 Å². The maximum absolute atomic E-state index is 13.3. The zero-order chi connectivity index (χ0) is 23.5. The molecule has 0 atom stereocenters. The molecule has 33 heavy (non-hydrogen) atoms. The standard InChI is InChI=1S/C25H17FO7/c1-14-23(32-18-8-6-15(7-9-18)24(28)30-2)22(27)20-11-10-19(13-21(20)31-14)33-25(29)16-4-3-5-17(26)12-16/h3-13H,1-2H3. The molecule has 166 valence electrons. The van der Waals surface area contributed by atoms with Crippen molar-refractivity contribution in [3.63, 3.8) is 0 Å². The van der Waals surface area contributed by atoms with Crippen LogP contribution in [0.3, 0.4) is 0 Å². The zero-order valence-electron chi connectivity index (χ0n) is 17.6. The Balaban J connectivity index is 1.60. The number of rotatable bonds is 5. The lowest BCUT2D eigenvalue weighted by Gasteiger charge is -2.10. The van der Waals surface area contributed by atoms with Crippen LogP contribution in [0.15, 0.2) is 75.9 Å². The lowest BCUT2D eigenvalue weighted by atomic mass is 10.2. The minimum absolute atomic E-state index is 0.0159. The maximum atomic E-state index is 13.3. The van der Waals surface area contributed by atoms with Crippen LogP contribution in [-0.4, -0.2) is 19.0 Å². The van der Waals surface area contributed by atoms with E-state index in [2.05, 4.69) is 4.74 Å². The van der Waals surface area contributed by atoms with Gasteiger partial charge < -0.3 is 18.6 Å². The largest absolute Gasteiger partial charge is 0.465 e. The Kier molecular flexibility index (Phi) is 5.91. The van der Waals surface area contributed by atoms with Crippen molar-refractivity contribution >= 4 is 22.9 Å². The third-order valence-electron chi connectivity index (χ3n) is 4.75. The molecule has 4 rings (SSSR count). The molecule has 0 bridgehead atoms. The number of hydrogen-bond donors (Lipinski definition) is 0. The van der Waals surface area contributed by atoms with E-state index in [9.17, 15) is 18.8 Å². The number of esters is 2. The second-order valence-corrected chi connectivity index (χ2v) is 6.99. The highest BCUT2D eigenvalue weighted by molar-refractivity contribution is 5.91. The van der Waals surface area contributed by atoms with Gasteiger partial charge in [-0.3, -0.25) is 4.79 Å². The van der Waals surface area contributed by atoms with Gasteiger partial charge in [-0.25, -0.2) is 14.0 Å². The Morgan fingerprint density at radius 3 is 2.30 bits per heavy atom. The molecular weight excluding hydrogens is 431 g/mol. The molecule has 0 aliphatic heterocycles. The number of benzene rings is 3. The summed E-state index contributed by atoms with van der Waals surface area (Å²) in [4.78, 5) is 36.8. The van der Waals surface area contributed by atoms with Gasteiger partial charge in [0.25, 0.3) is 0 Å². The van der Waals surface area contributed by atoms with Crippen LogP contribution in [0, 0.1) is 12.7 Å². The number of methoxy groups -OCH3 is 1. The zero-order valence-corrected chi connectivity index (χ0v) is 17.6. The summed E-state index contributed by atoms with van der Waals surface area (Å²) in [5, 5.41) is 0.215. The minimum Gasteiger partial charge on any atom is -0.465 e. The fourth-order valence-corrected chi connectivity index (χ4v) is 3.13. The summed E-state index contributed by atoms with van der Waals surface area (Å²) in [5.74, 6) is -1.14. The van der Waals surface area contributed by atoms with Crippen molar-refractivity contribution < 1.29 is 32.6 Å². The monoisotopic (exact) mass is 448 g/mol. The van der Waals surface area contributed by atoms with Crippen LogP contribution in [0.5, 0.6) is 17.2 Å². The van der Waals surface area contributed by atoms with Gasteiger partial charge in [-0.15, -0.1) is 0 Å². The predicted octanol–water partition coefficient (Wildman–Crippen LogP) is 5.04. The average Bonchev–Trinajstić information content (AvgIpc) is 2.81. The van der Waals surface area contributed by atoms with Crippen LogP contribution >= 0.6 is 0 Å². The summed E-state index contributed by atoms with van der Waals surface area (Å²) >= 11 is 0. The van der Waals surface area contributed by atoms with Crippen molar-refractivity contribution in [2.45, 2.75) is 6.92 Å². The molecule has 4 aromatic rings. The lowest BCUT2D eigenvalue weighted by Crippen LogP contribution is -2.10. The molecule has 1 aromatic heterocycles. The Labute approximate surface area is 186 Å². The van der Waals surface area contributed by atoms with E-state index in [1.54, 1.807) is 6.92 Å². The highest BCUT2D eigenvalue weighted by atomic mass is 19.1. The lowest BCUT2D eigenvalue weighted by molar-refractivity contribution is 0.0600. The third kappa shape index (κ3) is 4.59. The molecule has 0 aliphatic rings. The molecule has 0 aliphatic carbocycles. The van der Waals surface area contributed by atoms with E-state index in [0.29, 0.717) is 11.3 Å². The first-order chi connectivity index (χ1) is 15.9. The maximum Gasteiger partial charge on any atom is 0.343 e. The van der Waals surface area contributed by atoms with Crippen LogP contribution in [0.25, 0.3) is 11.0 Å². The first kappa shape index (κ1) is 21.8. The van der Waals surface area contributed by atoms with E-state index in [4.69, 9.17) is 13.9 Å². The highest BCUT2D eigenvalue weighted by Gasteiger charge is 2.16. The SMILES string of the molecule is COC(=O)c1ccc(Oc2c(C)oc3cc(OC(=O)c4cccc(F)c4)ccc3c2=O)cc1. The van der Waals surface area contributed by atoms with Gasteiger partial charge in [0.2, 0.25) is 11.2 Å². The number of aryl methyl sites for hydroxylation is 1. The summed E-state index contributed by atoms with van der Waals surface area (Å²) in [7, 11) is 1.28. The van der Waals surface area contributed by atoms with E-state index in [-0.39, 0.29) is 33.8 Å². The van der Waals surface area contributed by atoms with Crippen molar-refractivity contribution in [3.8, 4) is 17.2 Å². The molecule has 0 saturated heterocycles. The van der Waals surface area contributed by atoms with Crippen LogP contribution in [-0.2, 0) is 4.74 Å². The number of fused-ring (bicyclic) bond motifs is 1. The third-order valence-corrected chi connectivity index (χ3v) is 4.75. The fraction of sp³-hybridized carbons (Fsp3) is 0.0800. The number of halogens is 1. The van der Waals surface area contributed by atoms with Crippen LogP contribution < -0.4 is 14.9 Å². The van der Waals surface area contributed by atoms with Gasteiger partial charge in [-0.1, -0.05) is 6.07 Å². The number of hydrogen-bond acceptors (Lipinski definition) is 7. The summed E-state index contributed by atoms with van der Waals surface area (Å²) < 4.78 is 34.7. The molecule has 0 spiro atoms. The van der Waals surface area contributed by atoms with Gasteiger partial charge in [0.05, 0.1) is 23.6 Å². The van der Waals surface area contributed by atoms with Gasteiger partial charge in [0.15, 0.2) is 0 Å².